The first-order chi connectivity index (χ1) is 10.0. The van der Waals surface area contributed by atoms with Gasteiger partial charge in [0.2, 0.25) is 0 Å². The van der Waals surface area contributed by atoms with Crippen LogP contribution in [0.5, 0.6) is 0 Å². The highest BCUT2D eigenvalue weighted by Crippen LogP contribution is 2.28. The Labute approximate surface area is 126 Å². The maximum atomic E-state index is 11.2. The predicted molar refractivity (Wildman–Crippen MR) is 89.0 cm³/mol. The number of anilines is 2. The first-order valence-corrected chi connectivity index (χ1v) is 7.36. The van der Waals surface area contributed by atoms with Gasteiger partial charge in [0.05, 0.1) is 16.7 Å². The summed E-state index contributed by atoms with van der Waals surface area (Å²) in [5.74, 6) is 0.948. The molecule has 0 bridgehead atoms. The lowest BCUT2D eigenvalue weighted by Crippen LogP contribution is -2.07. The third kappa shape index (κ3) is 3.48. The molecular formula is C18H22N2O. The second-order valence-corrected chi connectivity index (χ2v) is 5.89. The molecule has 3 nitrogen and oxygen atoms in total. The Morgan fingerprint density at radius 1 is 0.714 bits per heavy atom. The van der Waals surface area contributed by atoms with Gasteiger partial charge in [-0.2, -0.15) is 5.01 Å². The third-order valence-corrected chi connectivity index (χ3v) is 3.69. The molecule has 0 aliphatic carbocycles. The molecule has 2 rings (SSSR count). The summed E-state index contributed by atoms with van der Waals surface area (Å²) in [6, 6.07) is 15.9. The van der Waals surface area contributed by atoms with E-state index in [9.17, 15) is 4.91 Å². The van der Waals surface area contributed by atoms with Gasteiger partial charge < -0.3 is 0 Å². The summed E-state index contributed by atoms with van der Waals surface area (Å²) in [6.45, 7) is 8.59. The van der Waals surface area contributed by atoms with Gasteiger partial charge in [-0.15, -0.1) is 4.91 Å². The van der Waals surface area contributed by atoms with Gasteiger partial charge in [-0.1, -0.05) is 52.0 Å². The van der Waals surface area contributed by atoms with E-state index in [0.717, 1.165) is 11.4 Å². The smallest absolute Gasteiger partial charge is 0.0685 e. The molecule has 0 radical (unpaired) electrons. The van der Waals surface area contributed by atoms with Gasteiger partial charge in [0, 0.05) is 0 Å². The number of benzene rings is 2. The molecule has 2 aromatic carbocycles. The molecule has 0 aliphatic heterocycles. The zero-order valence-electron chi connectivity index (χ0n) is 13.1. The second-order valence-electron chi connectivity index (χ2n) is 5.89. The number of nitroso groups, excluding NO2 is 1. The van der Waals surface area contributed by atoms with E-state index in [0.29, 0.717) is 11.8 Å². The van der Waals surface area contributed by atoms with Crippen LogP contribution in [-0.4, -0.2) is 0 Å². The van der Waals surface area contributed by atoms with Crippen LogP contribution >= 0.6 is 0 Å². The molecule has 0 aromatic heterocycles. The van der Waals surface area contributed by atoms with E-state index in [-0.39, 0.29) is 0 Å². The Morgan fingerprint density at radius 3 is 1.29 bits per heavy atom. The van der Waals surface area contributed by atoms with E-state index < -0.39 is 0 Å². The molecule has 110 valence electrons. The van der Waals surface area contributed by atoms with Crippen LogP contribution in [0.4, 0.5) is 11.4 Å². The molecule has 0 spiro atoms. The fourth-order valence-electron chi connectivity index (χ4n) is 2.24. The van der Waals surface area contributed by atoms with Crippen molar-refractivity contribution < 1.29 is 0 Å². The summed E-state index contributed by atoms with van der Waals surface area (Å²) in [6.07, 6.45) is 0. The topological polar surface area (TPSA) is 32.7 Å². The molecule has 0 N–H and O–H groups in total. The van der Waals surface area contributed by atoms with Crippen LogP contribution in [0.1, 0.15) is 50.7 Å². The molecule has 0 atom stereocenters. The summed E-state index contributed by atoms with van der Waals surface area (Å²) in [7, 11) is 0. The Morgan fingerprint density at radius 2 is 1.05 bits per heavy atom. The van der Waals surface area contributed by atoms with Crippen molar-refractivity contribution in [3.8, 4) is 0 Å². The number of rotatable bonds is 5. The quantitative estimate of drug-likeness (QED) is 0.516. The van der Waals surface area contributed by atoms with Crippen molar-refractivity contribution in [2.24, 2.45) is 5.29 Å². The molecule has 0 heterocycles. The second kappa shape index (κ2) is 6.53. The molecular weight excluding hydrogens is 260 g/mol. The Hall–Kier alpha value is -2.16. The van der Waals surface area contributed by atoms with E-state index in [1.807, 2.05) is 48.5 Å². The number of hydrogen-bond acceptors (Lipinski definition) is 2. The van der Waals surface area contributed by atoms with Gasteiger partial charge in [-0.05, 0) is 47.2 Å². The maximum absolute atomic E-state index is 11.2. The molecule has 0 amide bonds. The first kappa shape index (κ1) is 15.2. The fourth-order valence-corrected chi connectivity index (χ4v) is 2.24. The molecule has 0 fully saturated rings. The molecule has 0 unspecified atom stereocenters. The molecule has 3 heteroatoms. The summed E-state index contributed by atoms with van der Waals surface area (Å²) in [5.41, 5.74) is 4.07. The largest absolute Gasteiger partial charge is 0.197 e. The van der Waals surface area contributed by atoms with Crippen molar-refractivity contribution in [1.82, 2.24) is 0 Å². The molecule has 0 saturated carbocycles. The van der Waals surface area contributed by atoms with Crippen molar-refractivity contribution in [2.75, 3.05) is 5.01 Å². The van der Waals surface area contributed by atoms with Gasteiger partial charge in [0.15, 0.2) is 0 Å². The summed E-state index contributed by atoms with van der Waals surface area (Å²) < 4.78 is 0. The van der Waals surface area contributed by atoms with Gasteiger partial charge >= 0.3 is 0 Å². The van der Waals surface area contributed by atoms with Crippen LogP contribution in [0.25, 0.3) is 0 Å². The van der Waals surface area contributed by atoms with Crippen LogP contribution in [-0.2, 0) is 0 Å². The highest BCUT2D eigenvalue weighted by molar-refractivity contribution is 5.62. The van der Waals surface area contributed by atoms with Crippen molar-refractivity contribution in [3.05, 3.63) is 64.6 Å². The minimum Gasteiger partial charge on any atom is -0.197 e. The molecule has 2 aromatic rings. The summed E-state index contributed by atoms with van der Waals surface area (Å²) in [5, 5.41) is 4.59. The van der Waals surface area contributed by atoms with Crippen molar-refractivity contribution in [1.29, 1.82) is 0 Å². The van der Waals surface area contributed by atoms with Crippen molar-refractivity contribution in [3.63, 3.8) is 0 Å². The Kier molecular flexibility index (Phi) is 4.73. The van der Waals surface area contributed by atoms with Gasteiger partial charge in [0.25, 0.3) is 0 Å². The van der Waals surface area contributed by atoms with E-state index in [1.54, 1.807) is 0 Å². The van der Waals surface area contributed by atoms with Gasteiger partial charge in [-0.3, -0.25) is 0 Å². The van der Waals surface area contributed by atoms with E-state index in [1.165, 1.54) is 16.1 Å². The summed E-state index contributed by atoms with van der Waals surface area (Å²) >= 11 is 0. The highest BCUT2D eigenvalue weighted by Gasteiger charge is 2.11. The van der Waals surface area contributed by atoms with Crippen molar-refractivity contribution >= 4 is 11.4 Å². The average Bonchev–Trinajstić information content (AvgIpc) is 2.49. The highest BCUT2D eigenvalue weighted by atomic mass is 16.3. The fraction of sp³-hybridized carbons (Fsp3) is 0.333. The van der Waals surface area contributed by atoms with Crippen LogP contribution in [0, 0.1) is 4.91 Å². The molecule has 0 aliphatic rings. The lowest BCUT2D eigenvalue weighted by molar-refractivity contribution is 0.864. The molecule has 0 saturated heterocycles. The van der Waals surface area contributed by atoms with Crippen LogP contribution in [0.3, 0.4) is 0 Å². The monoisotopic (exact) mass is 282 g/mol. The van der Waals surface area contributed by atoms with E-state index >= 15 is 0 Å². The minimum atomic E-state index is 0.474. The lowest BCUT2D eigenvalue weighted by Gasteiger charge is -2.17. The van der Waals surface area contributed by atoms with E-state index in [2.05, 4.69) is 33.0 Å². The lowest BCUT2D eigenvalue weighted by atomic mass is 10.0. The third-order valence-electron chi connectivity index (χ3n) is 3.69. The minimum absolute atomic E-state index is 0.474. The van der Waals surface area contributed by atoms with Crippen molar-refractivity contribution in [2.45, 2.75) is 39.5 Å². The van der Waals surface area contributed by atoms with Crippen LogP contribution in [0.2, 0.25) is 0 Å². The Balaban J connectivity index is 2.28. The number of hydrogen-bond donors (Lipinski definition) is 0. The van der Waals surface area contributed by atoms with E-state index in [4.69, 9.17) is 0 Å². The maximum Gasteiger partial charge on any atom is 0.0685 e. The Bertz CT molecular complexity index is 534. The first-order valence-electron chi connectivity index (χ1n) is 7.36. The zero-order valence-corrected chi connectivity index (χ0v) is 13.1. The van der Waals surface area contributed by atoms with Crippen LogP contribution < -0.4 is 5.01 Å². The summed E-state index contributed by atoms with van der Waals surface area (Å²) in [4.78, 5) is 11.2. The number of nitrogens with zero attached hydrogens (tertiary/aromatic N) is 2. The normalized spacial score (nSPS) is 11.0. The predicted octanol–water partition coefficient (Wildman–Crippen LogP) is 5.75. The zero-order chi connectivity index (χ0) is 15.4. The van der Waals surface area contributed by atoms with Gasteiger partial charge in [-0.25, -0.2) is 0 Å². The molecule has 21 heavy (non-hydrogen) atoms. The van der Waals surface area contributed by atoms with Crippen LogP contribution in [0.15, 0.2) is 53.8 Å². The van der Waals surface area contributed by atoms with Gasteiger partial charge in [0.1, 0.15) is 0 Å². The standard InChI is InChI=1S/C18H22N2O/c1-13(2)15-5-9-17(10-6-15)20(19-21)18-11-7-16(8-12-18)14(3)4/h5-14H,1-4H3. The SMILES string of the molecule is CC(C)c1ccc(N(N=O)c2ccc(C(C)C)cc2)cc1. The average molecular weight is 282 g/mol.